The summed E-state index contributed by atoms with van der Waals surface area (Å²) in [7, 11) is 0. The summed E-state index contributed by atoms with van der Waals surface area (Å²) in [6.07, 6.45) is 0.894. The first-order valence-corrected chi connectivity index (χ1v) is 7.72. The number of carbonyl (C=O) groups excluding carboxylic acids is 1. The molecule has 0 amide bonds. The topological polar surface area (TPSA) is 20.3 Å². The van der Waals surface area contributed by atoms with E-state index >= 15 is 0 Å². The molecule has 2 rings (SSSR count). The minimum absolute atomic E-state index is 0.0516. The van der Waals surface area contributed by atoms with Crippen molar-refractivity contribution in [3.05, 3.63) is 35.9 Å². The van der Waals surface area contributed by atoms with E-state index in [1.165, 1.54) is 0 Å². The third-order valence-electron chi connectivity index (χ3n) is 3.46. The van der Waals surface area contributed by atoms with Crippen LogP contribution in [0.25, 0.3) is 0 Å². The molecule has 0 aliphatic carbocycles. The lowest BCUT2D eigenvalue weighted by atomic mass is 10.0. The van der Waals surface area contributed by atoms with E-state index in [2.05, 4.69) is 18.7 Å². The number of hydrogen-bond acceptors (Lipinski definition) is 3. The Kier molecular flexibility index (Phi) is 4.84. The average Bonchev–Trinajstić information content (AvgIpc) is 2.40. The molecule has 2 nitrogen and oxygen atoms in total. The second-order valence-corrected chi connectivity index (χ2v) is 6.38. The Balaban J connectivity index is 2.10. The number of benzene rings is 1. The molecular weight excluding hydrogens is 242 g/mol. The van der Waals surface area contributed by atoms with Crippen LogP contribution in [-0.2, 0) is 0 Å². The summed E-state index contributed by atoms with van der Waals surface area (Å²) in [5.41, 5.74) is 0.843. The van der Waals surface area contributed by atoms with Crippen LogP contribution in [0.15, 0.2) is 30.3 Å². The molecule has 1 aromatic rings. The van der Waals surface area contributed by atoms with Gasteiger partial charge in [-0.1, -0.05) is 44.2 Å². The highest BCUT2D eigenvalue weighted by molar-refractivity contribution is 7.99. The van der Waals surface area contributed by atoms with Crippen LogP contribution in [-0.4, -0.2) is 40.8 Å². The molecule has 0 saturated carbocycles. The zero-order chi connectivity index (χ0) is 13.0. The summed E-state index contributed by atoms with van der Waals surface area (Å²) in [4.78, 5) is 14.9. The van der Waals surface area contributed by atoms with Crippen molar-refractivity contribution in [1.82, 2.24) is 4.90 Å². The summed E-state index contributed by atoms with van der Waals surface area (Å²) in [6, 6.07) is 9.73. The van der Waals surface area contributed by atoms with Crippen LogP contribution in [0, 0.1) is 0 Å². The van der Waals surface area contributed by atoms with E-state index < -0.39 is 0 Å². The predicted molar refractivity (Wildman–Crippen MR) is 78.3 cm³/mol. The molecule has 0 N–H and O–H groups in total. The van der Waals surface area contributed by atoms with E-state index in [4.69, 9.17) is 0 Å². The quantitative estimate of drug-likeness (QED) is 0.779. The monoisotopic (exact) mass is 263 g/mol. The molecular formula is C15H21NOS. The van der Waals surface area contributed by atoms with Crippen molar-refractivity contribution in [2.45, 2.75) is 31.6 Å². The van der Waals surface area contributed by atoms with Crippen molar-refractivity contribution in [3.63, 3.8) is 0 Å². The van der Waals surface area contributed by atoms with E-state index in [0.717, 1.165) is 30.8 Å². The van der Waals surface area contributed by atoms with Crippen LogP contribution in [0.5, 0.6) is 0 Å². The summed E-state index contributed by atoms with van der Waals surface area (Å²) >= 11 is 2.00. The molecule has 0 spiro atoms. The van der Waals surface area contributed by atoms with E-state index in [1.807, 2.05) is 42.1 Å². The summed E-state index contributed by atoms with van der Waals surface area (Å²) in [5.74, 6) is 1.41. The lowest BCUT2D eigenvalue weighted by molar-refractivity contribution is 0.0818. The van der Waals surface area contributed by atoms with Crippen molar-refractivity contribution >= 4 is 17.5 Å². The molecule has 1 aliphatic rings. The van der Waals surface area contributed by atoms with E-state index in [1.54, 1.807) is 0 Å². The Morgan fingerprint density at radius 2 is 2.17 bits per heavy atom. The van der Waals surface area contributed by atoms with Crippen LogP contribution < -0.4 is 0 Å². The molecule has 0 bridgehead atoms. The first-order valence-electron chi connectivity index (χ1n) is 6.67. The van der Waals surface area contributed by atoms with Gasteiger partial charge in [0.15, 0.2) is 5.78 Å². The van der Waals surface area contributed by atoms with Crippen LogP contribution in [0.3, 0.4) is 0 Å². The minimum atomic E-state index is 0.0516. The molecule has 1 aromatic carbocycles. The van der Waals surface area contributed by atoms with E-state index in [-0.39, 0.29) is 11.8 Å². The Morgan fingerprint density at radius 3 is 2.78 bits per heavy atom. The number of carbonyl (C=O) groups is 1. The third kappa shape index (κ3) is 3.15. The van der Waals surface area contributed by atoms with Gasteiger partial charge in [-0.05, 0) is 6.42 Å². The molecule has 0 radical (unpaired) electrons. The number of nitrogens with zero attached hydrogens (tertiary/aromatic N) is 1. The number of ketones is 1. The Morgan fingerprint density at radius 1 is 1.44 bits per heavy atom. The third-order valence-corrected chi connectivity index (χ3v) is 4.60. The van der Waals surface area contributed by atoms with Gasteiger partial charge in [0, 0.05) is 29.7 Å². The van der Waals surface area contributed by atoms with Crippen LogP contribution in [0.4, 0.5) is 0 Å². The minimum Gasteiger partial charge on any atom is -0.292 e. The Bertz CT molecular complexity index is 393. The van der Waals surface area contributed by atoms with Gasteiger partial charge in [0.25, 0.3) is 0 Å². The largest absolute Gasteiger partial charge is 0.292 e. The van der Waals surface area contributed by atoms with E-state index in [9.17, 15) is 4.79 Å². The fourth-order valence-electron chi connectivity index (χ4n) is 2.53. The van der Waals surface area contributed by atoms with Crippen molar-refractivity contribution in [3.8, 4) is 0 Å². The standard InChI is InChI=1S/C15H21NOS/c1-3-14(16-9-10-18-12(2)11-16)15(17)13-7-5-4-6-8-13/h4-8,12,14H,3,9-11H2,1-2H3. The highest BCUT2D eigenvalue weighted by Gasteiger charge is 2.28. The van der Waals surface area contributed by atoms with Crippen molar-refractivity contribution in [2.24, 2.45) is 0 Å². The smallest absolute Gasteiger partial charge is 0.179 e. The highest BCUT2D eigenvalue weighted by Crippen LogP contribution is 2.22. The zero-order valence-electron chi connectivity index (χ0n) is 11.1. The maximum absolute atomic E-state index is 12.5. The number of Topliss-reactive ketones (excluding diaryl/α,β-unsaturated/α-hetero) is 1. The zero-order valence-corrected chi connectivity index (χ0v) is 12.0. The molecule has 98 valence electrons. The van der Waals surface area contributed by atoms with Crippen molar-refractivity contribution in [1.29, 1.82) is 0 Å². The molecule has 18 heavy (non-hydrogen) atoms. The highest BCUT2D eigenvalue weighted by atomic mass is 32.2. The first-order chi connectivity index (χ1) is 8.72. The SMILES string of the molecule is CCC(C(=O)c1ccccc1)N1CCSC(C)C1. The van der Waals surface area contributed by atoms with Crippen molar-refractivity contribution < 1.29 is 4.79 Å². The molecule has 1 fully saturated rings. The van der Waals surface area contributed by atoms with Gasteiger partial charge in [-0.2, -0.15) is 11.8 Å². The lowest BCUT2D eigenvalue weighted by Gasteiger charge is -2.35. The maximum Gasteiger partial charge on any atom is 0.179 e. The van der Waals surface area contributed by atoms with Gasteiger partial charge in [-0.15, -0.1) is 0 Å². The fourth-order valence-corrected chi connectivity index (χ4v) is 3.57. The lowest BCUT2D eigenvalue weighted by Crippen LogP contribution is -2.47. The molecule has 2 unspecified atom stereocenters. The Hall–Kier alpha value is -0.800. The number of hydrogen-bond donors (Lipinski definition) is 0. The van der Waals surface area contributed by atoms with Gasteiger partial charge in [0.2, 0.25) is 0 Å². The van der Waals surface area contributed by atoms with E-state index in [0.29, 0.717) is 5.25 Å². The first kappa shape index (κ1) is 13.6. The normalized spacial score (nSPS) is 22.7. The van der Waals surface area contributed by atoms with Gasteiger partial charge < -0.3 is 0 Å². The van der Waals surface area contributed by atoms with Crippen LogP contribution >= 0.6 is 11.8 Å². The van der Waals surface area contributed by atoms with Crippen molar-refractivity contribution in [2.75, 3.05) is 18.8 Å². The summed E-state index contributed by atoms with van der Waals surface area (Å²) in [5, 5.41) is 0.636. The molecule has 2 atom stereocenters. The second kappa shape index (κ2) is 6.39. The Labute approximate surface area is 114 Å². The number of rotatable bonds is 4. The molecule has 1 heterocycles. The van der Waals surface area contributed by atoms with Gasteiger partial charge in [-0.3, -0.25) is 9.69 Å². The van der Waals surface area contributed by atoms with Gasteiger partial charge in [-0.25, -0.2) is 0 Å². The van der Waals surface area contributed by atoms with Crippen LogP contribution in [0.2, 0.25) is 0 Å². The molecule has 0 aromatic heterocycles. The van der Waals surface area contributed by atoms with Crippen LogP contribution in [0.1, 0.15) is 30.6 Å². The second-order valence-electron chi connectivity index (χ2n) is 4.83. The molecule has 1 saturated heterocycles. The summed E-state index contributed by atoms with van der Waals surface area (Å²) < 4.78 is 0. The number of thioether (sulfide) groups is 1. The average molecular weight is 263 g/mol. The maximum atomic E-state index is 12.5. The fraction of sp³-hybridized carbons (Fsp3) is 0.533. The van der Waals surface area contributed by atoms with Gasteiger partial charge >= 0.3 is 0 Å². The van der Waals surface area contributed by atoms with Gasteiger partial charge in [0.1, 0.15) is 0 Å². The molecule has 1 aliphatic heterocycles. The van der Waals surface area contributed by atoms with Gasteiger partial charge in [0.05, 0.1) is 6.04 Å². The predicted octanol–water partition coefficient (Wildman–Crippen LogP) is 3.09. The summed E-state index contributed by atoms with van der Waals surface area (Å²) in [6.45, 7) is 6.42. The molecule has 3 heteroatoms.